The molecule has 0 fully saturated rings. The lowest BCUT2D eigenvalue weighted by Gasteiger charge is -2.07. The zero-order valence-corrected chi connectivity index (χ0v) is 8.29. The molecule has 0 aromatic heterocycles. The Labute approximate surface area is 86.8 Å². The number of benzene rings is 1. The minimum absolute atomic E-state index is 0.0206. The van der Waals surface area contributed by atoms with E-state index >= 15 is 0 Å². The molecule has 14 heavy (non-hydrogen) atoms. The van der Waals surface area contributed by atoms with Crippen LogP contribution in [0.4, 0.5) is 0 Å². The summed E-state index contributed by atoms with van der Waals surface area (Å²) in [4.78, 5) is 0. The second-order valence-electron chi connectivity index (χ2n) is 2.73. The van der Waals surface area contributed by atoms with E-state index in [1.165, 1.54) is 0 Å². The molecule has 0 amide bonds. The van der Waals surface area contributed by atoms with Crippen LogP contribution in [0.15, 0.2) is 24.3 Å². The van der Waals surface area contributed by atoms with Gasteiger partial charge < -0.3 is 15.8 Å². The van der Waals surface area contributed by atoms with Gasteiger partial charge in [0.05, 0.1) is 0 Å². The lowest BCUT2D eigenvalue weighted by atomic mass is 9.77. The van der Waals surface area contributed by atoms with Gasteiger partial charge in [-0.05, 0) is 11.0 Å². The van der Waals surface area contributed by atoms with Crippen LogP contribution in [0.1, 0.15) is 5.56 Å². The van der Waals surface area contributed by atoms with E-state index in [9.17, 15) is 0 Å². The van der Waals surface area contributed by atoms with Gasteiger partial charge >= 0.3 is 7.12 Å². The van der Waals surface area contributed by atoms with Gasteiger partial charge in [0, 0.05) is 5.75 Å². The highest BCUT2D eigenvalue weighted by Crippen LogP contribution is 2.09. The van der Waals surface area contributed by atoms with Crippen molar-refractivity contribution in [1.29, 1.82) is 5.41 Å². The molecular weight excluding hydrogens is 199 g/mol. The Bertz CT molecular complexity index is 333. The van der Waals surface area contributed by atoms with E-state index in [4.69, 9.17) is 21.2 Å². The number of rotatable bonds is 3. The first-order valence-electron chi connectivity index (χ1n) is 4.02. The van der Waals surface area contributed by atoms with E-state index in [0.29, 0.717) is 11.2 Å². The van der Waals surface area contributed by atoms with E-state index in [1.807, 2.05) is 6.07 Å². The van der Waals surface area contributed by atoms with Crippen molar-refractivity contribution in [3.63, 3.8) is 0 Å². The zero-order valence-electron chi connectivity index (χ0n) is 7.47. The molecule has 0 saturated heterocycles. The molecule has 4 nitrogen and oxygen atoms in total. The molecule has 0 unspecified atom stereocenters. The summed E-state index contributed by atoms with van der Waals surface area (Å²) < 4.78 is 0. The van der Waals surface area contributed by atoms with Crippen LogP contribution in [0, 0.1) is 5.41 Å². The van der Waals surface area contributed by atoms with Crippen molar-refractivity contribution in [2.45, 2.75) is 5.75 Å². The van der Waals surface area contributed by atoms with E-state index in [2.05, 4.69) is 0 Å². The fraction of sp³-hybridized carbons (Fsp3) is 0.125. The van der Waals surface area contributed by atoms with E-state index in [0.717, 1.165) is 17.3 Å². The Morgan fingerprint density at radius 1 is 1.43 bits per heavy atom. The molecule has 1 aromatic carbocycles. The van der Waals surface area contributed by atoms with Crippen molar-refractivity contribution in [1.82, 2.24) is 0 Å². The first kappa shape index (κ1) is 11.1. The Balaban J connectivity index is 2.79. The SMILES string of the molecule is N=C(N)SCc1ccccc1B(O)O. The number of amidine groups is 1. The van der Waals surface area contributed by atoms with Gasteiger partial charge in [0.1, 0.15) is 0 Å². The molecule has 1 aromatic rings. The molecule has 0 bridgehead atoms. The number of hydrogen-bond acceptors (Lipinski definition) is 4. The molecule has 0 heterocycles. The number of thioether (sulfide) groups is 1. The summed E-state index contributed by atoms with van der Waals surface area (Å²) in [5.74, 6) is 0.475. The first-order chi connectivity index (χ1) is 6.61. The third-order valence-corrected chi connectivity index (χ3v) is 2.48. The average molecular weight is 210 g/mol. The summed E-state index contributed by atoms with van der Waals surface area (Å²) in [6.07, 6.45) is 0. The molecule has 6 heteroatoms. The summed E-state index contributed by atoms with van der Waals surface area (Å²) >= 11 is 1.15. The van der Waals surface area contributed by atoms with Crippen molar-refractivity contribution in [3.8, 4) is 0 Å². The predicted octanol–water partition coefficient (Wildman–Crippen LogP) is -0.507. The van der Waals surface area contributed by atoms with Crippen LogP contribution in [-0.4, -0.2) is 22.3 Å². The van der Waals surface area contributed by atoms with Gasteiger partial charge in [-0.2, -0.15) is 0 Å². The molecule has 74 valence electrons. The van der Waals surface area contributed by atoms with Crippen LogP contribution in [0.2, 0.25) is 0 Å². The summed E-state index contributed by atoms with van der Waals surface area (Å²) in [5.41, 5.74) is 6.43. The van der Waals surface area contributed by atoms with Gasteiger partial charge in [0.25, 0.3) is 0 Å². The minimum atomic E-state index is -1.47. The molecule has 0 aliphatic heterocycles. The Hall–Kier alpha value is -0.975. The number of nitrogens with two attached hydrogens (primary N) is 1. The molecule has 0 aliphatic rings. The second-order valence-corrected chi connectivity index (χ2v) is 3.74. The van der Waals surface area contributed by atoms with Gasteiger partial charge in [-0.25, -0.2) is 0 Å². The first-order valence-corrected chi connectivity index (χ1v) is 5.00. The molecule has 0 atom stereocenters. The summed E-state index contributed by atoms with van der Waals surface area (Å²) in [6.45, 7) is 0. The molecule has 0 aliphatic carbocycles. The highest BCUT2D eigenvalue weighted by Gasteiger charge is 2.14. The van der Waals surface area contributed by atoms with Crippen LogP contribution in [-0.2, 0) is 5.75 Å². The van der Waals surface area contributed by atoms with Crippen molar-refractivity contribution >= 4 is 29.5 Å². The quantitative estimate of drug-likeness (QED) is 0.307. The largest absolute Gasteiger partial charge is 0.488 e. The molecule has 0 saturated carbocycles. The third kappa shape index (κ3) is 3.06. The minimum Gasteiger partial charge on any atom is -0.423 e. The maximum atomic E-state index is 9.03. The van der Waals surface area contributed by atoms with Crippen LogP contribution in [0.5, 0.6) is 0 Å². The van der Waals surface area contributed by atoms with Crippen LogP contribution in [0.3, 0.4) is 0 Å². The standard InChI is InChI=1S/C8H11BN2O2S/c10-8(11)14-5-6-3-1-2-4-7(6)9(12)13/h1-4,12-13H,5H2,(H3,10,11). The Morgan fingerprint density at radius 3 is 2.64 bits per heavy atom. The average Bonchev–Trinajstić information content (AvgIpc) is 2.15. The molecule has 0 radical (unpaired) electrons. The van der Waals surface area contributed by atoms with Crippen molar-refractivity contribution in [3.05, 3.63) is 29.8 Å². The van der Waals surface area contributed by atoms with E-state index < -0.39 is 7.12 Å². The molecular formula is C8H11BN2O2S. The van der Waals surface area contributed by atoms with Crippen molar-refractivity contribution in [2.75, 3.05) is 0 Å². The third-order valence-electron chi connectivity index (χ3n) is 1.72. The van der Waals surface area contributed by atoms with Crippen molar-refractivity contribution in [2.24, 2.45) is 5.73 Å². The fourth-order valence-corrected chi connectivity index (χ4v) is 1.65. The van der Waals surface area contributed by atoms with Gasteiger partial charge in [0.15, 0.2) is 5.17 Å². The highest BCUT2D eigenvalue weighted by atomic mass is 32.2. The number of nitrogens with one attached hydrogen (secondary N) is 1. The van der Waals surface area contributed by atoms with Gasteiger partial charge in [-0.3, -0.25) is 5.41 Å². The number of hydrogen-bond donors (Lipinski definition) is 4. The maximum Gasteiger partial charge on any atom is 0.488 e. The van der Waals surface area contributed by atoms with E-state index in [1.54, 1.807) is 18.2 Å². The Morgan fingerprint density at radius 2 is 2.07 bits per heavy atom. The lowest BCUT2D eigenvalue weighted by molar-refractivity contribution is 0.425. The predicted molar refractivity (Wildman–Crippen MR) is 59.5 cm³/mol. The molecule has 1 rings (SSSR count). The van der Waals surface area contributed by atoms with Crippen LogP contribution >= 0.6 is 11.8 Å². The van der Waals surface area contributed by atoms with Crippen LogP contribution < -0.4 is 11.2 Å². The van der Waals surface area contributed by atoms with Crippen LogP contribution in [0.25, 0.3) is 0 Å². The normalized spacial score (nSPS) is 9.86. The van der Waals surface area contributed by atoms with Gasteiger partial charge in [0.2, 0.25) is 0 Å². The summed E-state index contributed by atoms with van der Waals surface area (Å²) in [7, 11) is -1.47. The zero-order chi connectivity index (χ0) is 10.6. The topological polar surface area (TPSA) is 90.3 Å². The fourth-order valence-electron chi connectivity index (χ4n) is 1.07. The van der Waals surface area contributed by atoms with E-state index in [-0.39, 0.29) is 5.17 Å². The lowest BCUT2D eigenvalue weighted by Crippen LogP contribution is -2.32. The Kier molecular flexibility index (Phi) is 4.00. The van der Waals surface area contributed by atoms with Crippen molar-refractivity contribution < 1.29 is 10.0 Å². The summed E-state index contributed by atoms with van der Waals surface area (Å²) in [5, 5.41) is 25.1. The van der Waals surface area contributed by atoms with Gasteiger partial charge in [-0.15, -0.1) is 0 Å². The smallest absolute Gasteiger partial charge is 0.423 e. The van der Waals surface area contributed by atoms with Gasteiger partial charge in [-0.1, -0.05) is 36.0 Å². The maximum absolute atomic E-state index is 9.03. The monoisotopic (exact) mass is 210 g/mol. The molecule has 5 N–H and O–H groups in total. The molecule has 0 spiro atoms. The summed E-state index contributed by atoms with van der Waals surface area (Å²) in [6, 6.07) is 6.96. The highest BCUT2D eigenvalue weighted by molar-refractivity contribution is 8.13. The second kappa shape index (κ2) is 5.04.